The van der Waals surface area contributed by atoms with E-state index in [9.17, 15) is 0 Å². The summed E-state index contributed by atoms with van der Waals surface area (Å²) in [5.74, 6) is 1.13. The van der Waals surface area contributed by atoms with Crippen molar-refractivity contribution >= 4 is 35.0 Å². The van der Waals surface area contributed by atoms with Crippen LogP contribution in [0.4, 0.5) is 0 Å². The summed E-state index contributed by atoms with van der Waals surface area (Å²) in [5.41, 5.74) is 2.35. The minimum absolute atomic E-state index is 0.411. The summed E-state index contributed by atoms with van der Waals surface area (Å²) >= 11 is 14.0. The van der Waals surface area contributed by atoms with Gasteiger partial charge in [-0.1, -0.05) is 41.9 Å². The van der Waals surface area contributed by atoms with Gasteiger partial charge in [-0.15, -0.1) is 23.4 Å². The molecule has 2 aromatic carbocycles. The number of halogens is 2. The summed E-state index contributed by atoms with van der Waals surface area (Å²) in [6.07, 6.45) is 1.04. The number of para-hydroxylation sites is 1. The number of thioether (sulfide) groups is 1. The summed E-state index contributed by atoms with van der Waals surface area (Å²) in [6, 6.07) is 14.2. The van der Waals surface area contributed by atoms with E-state index in [0.29, 0.717) is 22.8 Å². The molecule has 4 heteroatoms. The molecule has 1 nitrogen and oxygen atoms in total. The van der Waals surface area contributed by atoms with Crippen LogP contribution in [0, 0.1) is 0 Å². The maximum atomic E-state index is 6.19. The molecule has 0 N–H and O–H groups in total. The van der Waals surface area contributed by atoms with E-state index >= 15 is 0 Å². The lowest BCUT2D eigenvalue weighted by molar-refractivity contribution is 0.315. The normalized spacial score (nSPS) is 17.0. The average Bonchev–Trinajstić information content (AvgIpc) is 2.88. The SMILES string of the molecule is ClCc1cccc(Cl)c1OCC1Cc2ccccc2S1. The van der Waals surface area contributed by atoms with Crippen LogP contribution in [-0.2, 0) is 12.3 Å². The highest BCUT2D eigenvalue weighted by Gasteiger charge is 2.23. The van der Waals surface area contributed by atoms with Gasteiger partial charge in [-0.3, -0.25) is 0 Å². The Morgan fingerprint density at radius 2 is 2.00 bits per heavy atom. The first-order chi connectivity index (χ1) is 9.78. The Bertz CT molecular complexity index is 590. The molecular formula is C16H14Cl2OS. The number of rotatable bonds is 4. The number of alkyl halides is 1. The van der Waals surface area contributed by atoms with Gasteiger partial charge in [0.05, 0.1) is 10.9 Å². The Morgan fingerprint density at radius 3 is 2.80 bits per heavy atom. The molecule has 0 amide bonds. The smallest absolute Gasteiger partial charge is 0.142 e. The average molecular weight is 325 g/mol. The fraction of sp³-hybridized carbons (Fsp3) is 0.250. The van der Waals surface area contributed by atoms with Crippen LogP contribution in [-0.4, -0.2) is 11.9 Å². The fourth-order valence-corrected chi connectivity index (χ4v) is 4.02. The molecule has 0 spiro atoms. The topological polar surface area (TPSA) is 9.23 Å². The van der Waals surface area contributed by atoms with Crippen LogP contribution in [0.25, 0.3) is 0 Å². The number of benzene rings is 2. The van der Waals surface area contributed by atoms with Crippen molar-refractivity contribution in [1.82, 2.24) is 0 Å². The molecule has 3 rings (SSSR count). The minimum Gasteiger partial charge on any atom is -0.491 e. The maximum Gasteiger partial charge on any atom is 0.142 e. The van der Waals surface area contributed by atoms with Crippen LogP contribution in [0.2, 0.25) is 5.02 Å². The van der Waals surface area contributed by atoms with Gasteiger partial charge in [-0.2, -0.15) is 0 Å². The van der Waals surface area contributed by atoms with Gasteiger partial charge in [-0.05, 0) is 24.1 Å². The van der Waals surface area contributed by atoms with Crippen molar-refractivity contribution in [3.63, 3.8) is 0 Å². The van der Waals surface area contributed by atoms with Gasteiger partial charge in [0.1, 0.15) is 12.4 Å². The van der Waals surface area contributed by atoms with Gasteiger partial charge in [0, 0.05) is 15.7 Å². The zero-order valence-electron chi connectivity index (χ0n) is 10.8. The van der Waals surface area contributed by atoms with E-state index in [-0.39, 0.29) is 0 Å². The third-order valence-corrected chi connectivity index (χ3v) is 5.19. The predicted octanol–water partition coefficient (Wildman–Crippen LogP) is 5.17. The Morgan fingerprint density at radius 1 is 1.15 bits per heavy atom. The second-order valence-corrected chi connectivity index (χ2v) is 6.74. The highest BCUT2D eigenvalue weighted by molar-refractivity contribution is 8.00. The molecule has 0 aliphatic carbocycles. The Kier molecular flexibility index (Phi) is 4.45. The second-order valence-electron chi connectivity index (χ2n) is 4.72. The van der Waals surface area contributed by atoms with Gasteiger partial charge >= 0.3 is 0 Å². The first kappa shape index (κ1) is 14.1. The highest BCUT2D eigenvalue weighted by atomic mass is 35.5. The van der Waals surface area contributed by atoms with Crippen LogP contribution >= 0.6 is 35.0 Å². The molecule has 1 atom stereocenters. The summed E-state index contributed by atoms with van der Waals surface area (Å²) in [5, 5.41) is 1.07. The van der Waals surface area contributed by atoms with Gasteiger partial charge < -0.3 is 4.74 Å². The van der Waals surface area contributed by atoms with Crippen LogP contribution in [0.3, 0.4) is 0 Å². The molecule has 2 aromatic rings. The van der Waals surface area contributed by atoms with E-state index in [2.05, 4.69) is 24.3 Å². The number of hydrogen-bond donors (Lipinski definition) is 0. The van der Waals surface area contributed by atoms with E-state index in [1.807, 2.05) is 30.0 Å². The zero-order valence-corrected chi connectivity index (χ0v) is 13.1. The molecule has 1 unspecified atom stereocenters. The highest BCUT2D eigenvalue weighted by Crippen LogP contribution is 2.38. The van der Waals surface area contributed by atoms with Crippen molar-refractivity contribution < 1.29 is 4.74 Å². The monoisotopic (exact) mass is 324 g/mol. The Labute approximate surface area is 133 Å². The van der Waals surface area contributed by atoms with Crippen LogP contribution in [0.15, 0.2) is 47.4 Å². The number of fused-ring (bicyclic) bond motifs is 1. The van der Waals surface area contributed by atoms with E-state index in [1.165, 1.54) is 10.5 Å². The molecule has 1 aliphatic heterocycles. The van der Waals surface area contributed by atoms with Gasteiger partial charge in [0.2, 0.25) is 0 Å². The molecule has 20 heavy (non-hydrogen) atoms. The number of ether oxygens (including phenoxy) is 1. The van der Waals surface area contributed by atoms with E-state index < -0.39 is 0 Å². The molecule has 104 valence electrons. The molecule has 0 radical (unpaired) electrons. The summed E-state index contributed by atoms with van der Waals surface area (Å²) < 4.78 is 5.94. The van der Waals surface area contributed by atoms with Crippen molar-refractivity contribution in [2.75, 3.05) is 6.61 Å². The van der Waals surface area contributed by atoms with Crippen LogP contribution in [0.1, 0.15) is 11.1 Å². The minimum atomic E-state index is 0.411. The fourth-order valence-electron chi connectivity index (χ4n) is 2.34. The van der Waals surface area contributed by atoms with E-state index in [1.54, 1.807) is 0 Å². The van der Waals surface area contributed by atoms with Crippen molar-refractivity contribution in [3.05, 3.63) is 58.6 Å². The van der Waals surface area contributed by atoms with E-state index in [0.717, 1.165) is 17.7 Å². The van der Waals surface area contributed by atoms with Crippen molar-refractivity contribution in [2.24, 2.45) is 0 Å². The third kappa shape index (κ3) is 2.93. The first-order valence-electron chi connectivity index (χ1n) is 6.48. The predicted molar refractivity (Wildman–Crippen MR) is 86.3 cm³/mol. The molecule has 0 aromatic heterocycles. The Hall–Kier alpha value is -0.830. The molecule has 1 heterocycles. The van der Waals surface area contributed by atoms with Crippen LogP contribution < -0.4 is 4.74 Å². The van der Waals surface area contributed by atoms with Crippen molar-refractivity contribution in [2.45, 2.75) is 22.4 Å². The maximum absolute atomic E-state index is 6.19. The zero-order chi connectivity index (χ0) is 13.9. The van der Waals surface area contributed by atoms with Crippen molar-refractivity contribution in [3.8, 4) is 5.75 Å². The molecule has 0 saturated carbocycles. The van der Waals surface area contributed by atoms with Gasteiger partial charge in [-0.25, -0.2) is 0 Å². The summed E-state index contributed by atoms with van der Waals surface area (Å²) in [6.45, 7) is 0.646. The molecule has 1 aliphatic rings. The quantitative estimate of drug-likeness (QED) is 0.717. The van der Waals surface area contributed by atoms with E-state index in [4.69, 9.17) is 27.9 Å². The van der Waals surface area contributed by atoms with Crippen molar-refractivity contribution in [1.29, 1.82) is 0 Å². The lowest BCUT2D eigenvalue weighted by Crippen LogP contribution is -2.14. The van der Waals surface area contributed by atoms with Crippen LogP contribution in [0.5, 0.6) is 5.75 Å². The lowest BCUT2D eigenvalue weighted by atomic mass is 10.1. The number of hydrogen-bond acceptors (Lipinski definition) is 2. The van der Waals surface area contributed by atoms with Gasteiger partial charge in [0.15, 0.2) is 0 Å². The summed E-state index contributed by atoms with van der Waals surface area (Å²) in [7, 11) is 0. The molecular weight excluding hydrogens is 311 g/mol. The Balaban J connectivity index is 1.67. The molecule has 0 bridgehead atoms. The van der Waals surface area contributed by atoms with Gasteiger partial charge in [0.25, 0.3) is 0 Å². The molecule has 0 saturated heterocycles. The first-order valence-corrected chi connectivity index (χ1v) is 8.28. The lowest BCUT2D eigenvalue weighted by Gasteiger charge is -2.14. The second kappa shape index (κ2) is 6.30. The largest absolute Gasteiger partial charge is 0.491 e. The molecule has 0 fully saturated rings. The third-order valence-electron chi connectivity index (χ3n) is 3.32. The standard InChI is InChI=1S/C16H14Cl2OS/c17-9-12-5-3-6-14(18)16(12)19-10-13-8-11-4-1-2-7-15(11)20-13/h1-7,13H,8-10H2. The summed E-state index contributed by atoms with van der Waals surface area (Å²) in [4.78, 5) is 1.36.